The number of amides is 1. The van der Waals surface area contributed by atoms with E-state index in [0.29, 0.717) is 12.1 Å². The molecule has 21 heavy (non-hydrogen) atoms. The molecule has 2 aromatic carbocycles. The summed E-state index contributed by atoms with van der Waals surface area (Å²) in [5.74, 6) is -3.94. The van der Waals surface area contributed by atoms with Gasteiger partial charge in [-0.05, 0) is 18.2 Å². The minimum atomic E-state index is -0.875. The molecule has 0 spiro atoms. The van der Waals surface area contributed by atoms with Crippen molar-refractivity contribution in [2.75, 3.05) is 7.05 Å². The molecule has 0 saturated carbocycles. The van der Waals surface area contributed by atoms with Crippen molar-refractivity contribution in [2.24, 2.45) is 0 Å². The van der Waals surface area contributed by atoms with Crippen molar-refractivity contribution in [3.63, 3.8) is 0 Å². The maximum absolute atomic E-state index is 13.5. The van der Waals surface area contributed by atoms with E-state index in [1.807, 2.05) is 0 Å². The number of hydrogen-bond donors (Lipinski definition) is 0. The monoisotopic (exact) mass is 297 g/mol. The van der Waals surface area contributed by atoms with Gasteiger partial charge < -0.3 is 4.90 Å². The van der Waals surface area contributed by atoms with Crippen molar-refractivity contribution < 1.29 is 22.4 Å². The van der Waals surface area contributed by atoms with Crippen LogP contribution >= 0.6 is 0 Å². The van der Waals surface area contributed by atoms with Crippen molar-refractivity contribution in [3.05, 3.63) is 70.8 Å². The summed E-state index contributed by atoms with van der Waals surface area (Å²) < 4.78 is 52.4. The molecule has 0 bridgehead atoms. The Bertz CT molecular complexity index is 667. The molecule has 0 aliphatic rings. The van der Waals surface area contributed by atoms with E-state index >= 15 is 0 Å². The summed E-state index contributed by atoms with van der Waals surface area (Å²) in [4.78, 5) is 13.1. The van der Waals surface area contributed by atoms with E-state index < -0.39 is 29.2 Å². The fraction of sp³-hybridized carbons (Fsp3) is 0.133. The van der Waals surface area contributed by atoms with Crippen LogP contribution in [0.1, 0.15) is 15.9 Å². The van der Waals surface area contributed by atoms with Crippen LogP contribution in [0.2, 0.25) is 0 Å². The van der Waals surface area contributed by atoms with Gasteiger partial charge in [0.05, 0.1) is 0 Å². The second-order valence-electron chi connectivity index (χ2n) is 4.56. The molecule has 0 aliphatic carbocycles. The number of hydrogen-bond acceptors (Lipinski definition) is 1. The molecular formula is C15H11F4NO. The Balaban J connectivity index is 2.19. The molecule has 0 atom stereocenters. The van der Waals surface area contributed by atoms with E-state index in [4.69, 9.17) is 0 Å². The number of halogens is 4. The zero-order valence-corrected chi connectivity index (χ0v) is 11.0. The fourth-order valence-electron chi connectivity index (χ4n) is 1.87. The molecule has 0 radical (unpaired) electrons. The predicted molar refractivity (Wildman–Crippen MR) is 68.5 cm³/mol. The third kappa shape index (κ3) is 3.59. The number of benzene rings is 2. The van der Waals surface area contributed by atoms with Gasteiger partial charge in [-0.1, -0.05) is 6.07 Å². The Hall–Kier alpha value is -2.37. The molecule has 2 rings (SSSR count). The molecule has 110 valence electrons. The van der Waals surface area contributed by atoms with Crippen LogP contribution in [0.4, 0.5) is 17.6 Å². The first-order valence-corrected chi connectivity index (χ1v) is 6.02. The topological polar surface area (TPSA) is 20.3 Å². The van der Waals surface area contributed by atoms with Crippen LogP contribution in [-0.2, 0) is 6.54 Å². The summed E-state index contributed by atoms with van der Waals surface area (Å²) >= 11 is 0. The second-order valence-corrected chi connectivity index (χ2v) is 4.56. The SMILES string of the molecule is CN(Cc1ccc(F)cc1F)C(=O)c1cc(F)cc(F)c1. The van der Waals surface area contributed by atoms with Crippen LogP contribution < -0.4 is 0 Å². The third-order valence-corrected chi connectivity index (χ3v) is 2.88. The molecule has 0 saturated heterocycles. The van der Waals surface area contributed by atoms with Gasteiger partial charge in [-0.3, -0.25) is 4.79 Å². The average Bonchev–Trinajstić information content (AvgIpc) is 2.40. The summed E-state index contributed by atoms with van der Waals surface area (Å²) in [6.45, 7) is -0.150. The second kappa shape index (κ2) is 5.95. The Morgan fingerprint density at radius 3 is 2.14 bits per heavy atom. The molecule has 2 aromatic rings. The van der Waals surface area contributed by atoms with Gasteiger partial charge in [-0.15, -0.1) is 0 Å². The molecule has 0 aromatic heterocycles. The van der Waals surface area contributed by atoms with Crippen LogP contribution in [0.5, 0.6) is 0 Å². The Labute approximate surface area is 118 Å². The van der Waals surface area contributed by atoms with E-state index in [2.05, 4.69) is 0 Å². The van der Waals surface area contributed by atoms with Gasteiger partial charge in [0, 0.05) is 36.9 Å². The summed E-state index contributed by atoms with van der Waals surface area (Å²) in [7, 11) is 1.36. The van der Waals surface area contributed by atoms with Crippen LogP contribution in [0.15, 0.2) is 36.4 Å². The zero-order chi connectivity index (χ0) is 15.6. The minimum absolute atomic E-state index is 0.101. The van der Waals surface area contributed by atoms with Crippen LogP contribution in [0, 0.1) is 23.3 Å². The minimum Gasteiger partial charge on any atom is -0.337 e. The highest BCUT2D eigenvalue weighted by molar-refractivity contribution is 5.94. The largest absolute Gasteiger partial charge is 0.337 e. The van der Waals surface area contributed by atoms with Crippen molar-refractivity contribution in [2.45, 2.75) is 6.54 Å². The predicted octanol–water partition coefficient (Wildman–Crippen LogP) is 3.52. The van der Waals surface area contributed by atoms with E-state index in [-0.39, 0.29) is 17.7 Å². The molecule has 0 aliphatic heterocycles. The van der Waals surface area contributed by atoms with Gasteiger partial charge in [-0.2, -0.15) is 0 Å². The molecule has 6 heteroatoms. The Morgan fingerprint density at radius 1 is 0.952 bits per heavy atom. The number of carbonyl (C=O) groups excluding carboxylic acids is 1. The summed E-state index contributed by atoms with van der Waals surface area (Å²) in [6, 6.07) is 5.41. The molecule has 0 fully saturated rings. The van der Waals surface area contributed by atoms with Crippen LogP contribution in [0.3, 0.4) is 0 Å². The highest BCUT2D eigenvalue weighted by atomic mass is 19.1. The first-order chi connectivity index (χ1) is 9.86. The lowest BCUT2D eigenvalue weighted by molar-refractivity contribution is 0.0783. The van der Waals surface area contributed by atoms with E-state index in [1.165, 1.54) is 13.1 Å². The molecule has 2 nitrogen and oxygen atoms in total. The lowest BCUT2D eigenvalue weighted by Gasteiger charge is -2.18. The highest BCUT2D eigenvalue weighted by Crippen LogP contribution is 2.15. The Kier molecular flexibility index (Phi) is 4.26. The normalized spacial score (nSPS) is 10.5. The van der Waals surface area contributed by atoms with Gasteiger partial charge in [0.2, 0.25) is 0 Å². The number of carbonyl (C=O) groups is 1. The van der Waals surface area contributed by atoms with Crippen molar-refractivity contribution in [3.8, 4) is 0 Å². The summed E-state index contributed by atoms with van der Waals surface area (Å²) in [6.07, 6.45) is 0. The number of nitrogens with zero attached hydrogens (tertiary/aromatic N) is 1. The first-order valence-electron chi connectivity index (χ1n) is 6.02. The molecule has 0 N–H and O–H groups in total. The lowest BCUT2D eigenvalue weighted by atomic mass is 10.1. The maximum atomic E-state index is 13.5. The van der Waals surface area contributed by atoms with E-state index in [0.717, 1.165) is 23.1 Å². The third-order valence-electron chi connectivity index (χ3n) is 2.88. The number of rotatable bonds is 3. The van der Waals surface area contributed by atoms with Gasteiger partial charge in [0.25, 0.3) is 5.91 Å². The van der Waals surface area contributed by atoms with Gasteiger partial charge >= 0.3 is 0 Å². The van der Waals surface area contributed by atoms with Crippen molar-refractivity contribution >= 4 is 5.91 Å². The highest BCUT2D eigenvalue weighted by Gasteiger charge is 2.16. The zero-order valence-electron chi connectivity index (χ0n) is 11.0. The lowest BCUT2D eigenvalue weighted by Crippen LogP contribution is -2.26. The molecule has 1 amide bonds. The first kappa shape index (κ1) is 15.0. The van der Waals surface area contributed by atoms with Gasteiger partial charge in [0.15, 0.2) is 0 Å². The Morgan fingerprint density at radius 2 is 1.57 bits per heavy atom. The van der Waals surface area contributed by atoms with Crippen LogP contribution in [-0.4, -0.2) is 17.9 Å². The quantitative estimate of drug-likeness (QED) is 0.794. The van der Waals surface area contributed by atoms with Gasteiger partial charge in [-0.25, -0.2) is 17.6 Å². The maximum Gasteiger partial charge on any atom is 0.254 e. The van der Waals surface area contributed by atoms with E-state index in [1.54, 1.807) is 0 Å². The van der Waals surface area contributed by atoms with Gasteiger partial charge in [0.1, 0.15) is 23.3 Å². The van der Waals surface area contributed by atoms with Crippen molar-refractivity contribution in [1.82, 2.24) is 4.90 Å². The molecule has 0 unspecified atom stereocenters. The standard InChI is InChI=1S/C15H11F4NO/c1-20(8-9-2-3-11(16)7-14(9)19)15(21)10-4-12(17)6-13(18)5-10/h2-7H,8H2,1H3. The molecular weight excluding hydrogens is 286 g/mol. The summed E-state index contributed by atoms with van der Waals surface area (Å²) in [5, 5.41) is 0. The van der Waals surface area contributed by atoms with Crippen molar-refractivity contribution in [1.29, 1.82) is 0 Å². The average molecular weight is 297 g/mol. The van der Waals surface area contributed by atoms with Crippen LogP contribution in [0.25, 0.3) is 0 Å². The molecule has 0 heterocycles. The smallest absolute Gasteiger partial charge is 0.254 e. The van der Waals surface area contributed by atoms with E-state index in [9.17, 15) is 22.4 Å². The fourth-order valence-corrected chi connectivity index (χ4v) is 1.87. The summed E-state index contributed by atoms with van der Waals surface area (Å²) in [5.41, 5.74) is -0.0818.